The third kappa shape index (κ3) is 4.60. The van der Waals surface area contributed by atoms with Gasteiger partial charge in [-0.25, -0.2) is 0 Å². The minimum absolute atomic E-state index is 0.570. The summed E-state index contributed by atoms with van der Waals surface area (Å²) in [7, 11) is 1.71. The zero-order chi connectivity index (χ0) is 14.1. The summed E-state index contributed by atoms with van der Waals surface area (Å²) in [5.74, 6) is 0. The Kier molecular flexibility index (Phi) is 7.70. The van der Waals surface area contributed by atoms with Gasteiger partial charge in [0.15, 0.2) is 0 Å². The highest BCUT2D eigenvalue weighted by atomic mass is 16.5. The number of hydrogen-bond donors (Lipinski definition) is 1. The quantitative estimate of drug-likeness (QED) is 0.654. The molecule has 0 aliphatic carbocycles. The summed E-state index contributed by atoms with van der Waals surface area (Å²) in [6.07, 6.45) is 2.83. The number of rotatable bonds is 10. The minimum atomic E-state index is 0.570. The molecular weight excluding hydrogens is 242 g/mol. The van der Waals surface area contributed by atoms with E-state index in [0.717, 1.165) is 44.7 Å². The summed E-state index contributed by atoms with van der Waals surface area (Å²) < 4.78 is 12.6. The van der Waals surface area contributed by atoms with Crippen molar-refractivity contribution < 1.29 is 9.47 Å². The van der Waals surface area contributed by atoms with Gasteiger partial charge in [0.25, 0.3) is 0 Å². The van der Waals surface area contributed by atoms with Crippen molar-refractivity contribution in [3.63, 3.8) is 0 Å². The highest BCUT2D eigenvalue weighted by Crippen LogP contribution is 2.15. The van der Waals surface area contributed by atoms with Crippen LogP contribution in [0.2, 0.25) is 0 Å². The van der Waals surface area contributed by atoms with E-state index >= 15 is 0 Å². The first-order valence-corrected chi connectivity index (χ1v) is 7.12. The van der Waals surface area contributed by atoms with Crippen LogP contribution in [0.15, 0.2) is 0 Å². The molecule has 0 bridgehead atoms. The van der Waals surface area contributed by atoms with Gasteiger partial charge >= 0.3 is 0 Å². The van der Waals surface area contributed by atoms with Crippen molar-refractivity contribution in [2.24, 2.45) is 5.73 Å². The lowest BCUT2D eigenvalue weighted by Crippen LogP contribution is -2.12. The fourth-order valence-electron chi connectivity index (χ4n) is 2.25. The van der Waals surface area contributed by atoms with Gasteiger partial charge in [0.1, 0.15) is 0 Å². The molecule has 1 rings (SSSR count). The van der Waals surface area contributed by atoms with E-state index in [9.17, 15) is 0 Å². The van der Waals surface area contributed by atoms with Gasteiger partial charge in [0.2, 0.25) is 0 Å². The standard InChI is InChI=1S/C14H27N3O2/c1-4-13-12(11-15)14(5-2)17(16-13)7-10-19-9-6-8-18-3/h4-11,15H2,1-3H3. The average molecular weight is 269 g/mol. The second-order valence-electron chi connectivity index (χ2n) is 4.47. The lowest BCUT2D eigenvalue weighted by molar-refractivity contribution is 0.0956. The second kappa shape index (κ2) is 9.07. The summed E-state index contributed by atoms with van der Waals surface area (Å²) in [5, 5.41) is 4.64. The number of nitrogens with zero attached hydrogens (tertiary/aromatic N) is 2. The molecule has 1 aromatic heterocycles. The Morgan fingerprint density at radius 1 is 1.16 bits per heavy atom. The smallest absolute Gasteiger partial charge is 0.0669 e. The molecule has 0 radical (unpaired) electrons. The third-order valence-electron chi connectivity index (χ3n) is 3.21. The Morgan fingerprint density at radius 2 is 1.95 bits per heavy atom. The van der Waals surface area contributed by atoms with Crippen LogP contribution in [0.5, 0.6) is 0 Å². The Bertz CT molecular complexity index is 364. The van der Waals surface area contributed by atoms with E-state index in [4.69, 9.17) is 15.2 Å². The number of nitrogens with two attached hydrogens (primary N) is 1. The molecule has 1 aromatic rings. The van der Waals surface area contributed by atoms with Gasteiger partial charge in [-0.15, -0.1) is 0 Å². The molecule has 110 valence electrons. The van der Waals surface area contributed by atoms with Crippen LogP contribution in [0.4, 0.5) is 0 Å². The van der Waals surface area contributed by atoms with Crippen LogP contribution in [0.3, 0.4) is 0 Å². The van der Waals surface area contributed by atoms with Gasteiger partial charge in [-0.1, -0.05) is 13.8 Å². The second-order valence-corrected chi connectivity index (χ2v) is 4.47. The Morgan fingerprint density at radius 3 is 2.53 bits per heavy atom. The van der Waals surface area contributed by atoms with Crippen LogP contribution >= 0.6 is 0 Å². The number of aryl methyl sites for hydroxylation is 1. The molecule has 0 amide bonds. The maximum atomic E-state index is 5.83. The SMILES string of the molecule is CCc1nn(CCOCCCOC)c(CC)c1CN. The lowest BCUT2D eigenvalue weighted by Gasteiger charge is -2.08. The van der Waals surface area contributed by atoms with Crippen molar-refractivity contribution in [2.45, 2.75) is 46.2 Å². The Balaban J connectivity index is 2.50. The minimum Gasteiger partial charge on any atom is -0.385 e. The molecule has 5 heteroatoms. The van der Waals surface area contributed by atoms with Crippen molar-refractivity contribution in [3.8, 4) is 0 Å². The predicted octanol–water partition coefficient (Wildman–Crippen LogP) is 1.52. The Hall–Kier alpha value is -0.910. The van der Waals surface area contributed by atoms with Crippen LogP contribution in [0.1, 0.15) is 37.2 Å². The normalized spacial score (nSPS) is 11.2. The molecule has 19 heavy (non-hydrogen) atoms. The summed E-state index contributed by atoms with van der Waals surface area (Å²) in [4.78, 5) is 0. The number of ether oxygens (including phenoxy) is 2. The first-order valence-electron chi connectivity index (χ1n) is 7.12. The molecule has 0 unspecified atom stereocenters. The highest BCUT2D eigenvalue weighted by molar-refractivity contribution is 5.26. The first-order chi connectivity index (χ1) is 9.28. The van der Waals surface area contributed by atoms with E-state index in [1.165, 1.54) is 11.3 Å². The van der Waals surface area contributed by atoms with E-state index in [1.54, 1.807) is 7.11 Å². The molecule has 5 nitrogen and oxygen atoms in total. The van der Waals surface area contributed by atoms with E-state index < -0.39 is 0 Å². The molecule has 0 saturated heterocycles. The van der Waals surface area contributed by atoms with E-state index in [-0.39, 0.29) is 0 Å². The van der Waals surface area contributed by atoms with Crippen LogP contribution in [-0.2, 0) is 35.4 Å². The van der Waals surface area contributed by atoms with E-state index in [0.29, 0.717) is 13.2 Å². The van der Waals surface area contributed by atoms with Crippen molar-refractivity contribution in [1.82, 2.24) is 9.78 Å². The molecule has 0 atom stereocenters. The largest absolute Gasteiger partial charge is 0.385 e. The van der Waals surface area contributed by atoms with Crippen LogP contribution < -0.4 is 5.73 Å². The molecule has 0 spiro atoms. The zero-order valence-electron chi connectivity index (χ0n) is 12.4. The van der Waals surface area contributed by atoms with E-state index in [2.05, 4.69) is 23.6 Å². The lowest BCUT2D eigenvalue weighted by atomic mass is 10.1. The van der Waals surface area contributed by atoms with Crippen molar-refractivity contribution >= 4 is 0 Å². The van der Waals surface area contributed by atoms with Crippen LogP contribution in [0.25, 0.3) is 0 Å². The van der Waals surface area contributed by atoms with Crippen molar-refractivity contribution in [3.05, 3.63) is 17.0 Å². The number of hydrogen-bond acceptors (Lipinski definition) is 4. The fourth-order valence-corrected chi connectivity index (χ4v) is 2.25. The highest BCUT2D eigenvalue weighted by Gasteiger charge is 2.13. The molecule has 0 aliphatic heterocycles. The van der Waals surface area contributed by atoms with Crippen LogP contribution in [-0.4, -0.2) is 36.7 Å². The fraction of sp³-hybridized carbons (Fsp3) is 0.786. The third-order valence-corrected chi connectivity index (χ3v) is 3.21. The van der Waals surface area contributed by atoms with Gasteiger partial charge in [-0.05, 0) is 19.3 Å². The number of aromatic nitrogens is 2. The van der Waals surface area contributed by atoms with Gasteiger partial charge in [0, 0.05) is 38.1 Å². The number of methoxy groups -OCH3 is 1. The summed E-state index contributed by atoms with van der Waals surface area (Å²) in [6.45, 7) is 7.80. The van der Waals surface area contributed by atoms with Crippen LogP contribution in [0, 0.1) is 0 Å². The molecular formula is C14H27N3O2. The Labute approximate surface area is 116 Å². The summed E-state index contributed by atoms with van der Waals surface area (Å²) >= 11 is 0. The average Bonchev–Trinajstić information content (AvgIpc) is 2.79. The monoisotopic (exact) mass is 269 g/mol. The molecule has 0 fully saturated rings. The van der Waals surface area contributed by atoms with Gasteiger partial charge in [0.05, 0.1) is 18.8 Å². The molecule has 1 heterocycles. The summed E-state index contributed by atoms with van der Waals surface area (Å²) in [6, 6.07) is 0. The van der Waals surface area contributed by atoms with Crippen molar-refractivity contribution in [2.75, 3.05) is 26.9 Å². The molecule has 0 aromatic carbocycles. The van der Waals surface area contributed by atoms with Crippen molar-refractivity contribution in [1.29, 1.82) is 0 Å². The molecule has 0 aliphatic rings. The predicted molar refractivity (Wildman–Crippen MR) is 76.2 cm³/mol. The first kappa shape index (κ1) is 16.1. The topological polar surface area (TPSA) is 62.3 Å². The van der Waals surface area contributed by atoms with Gasteiger partial charge in [-0.2, -0.15) is 5.10 Å². The maximum Gasteiger partial charge on any atom is 0.0669 e. The zero-order valence-corrected chi connectivity index (χ0v) is 12.4. The maximum absolute atomic E-state index is 5.83. The van der Waals surface area contributed by atoms with E-state index in [1.807, 2.05) is 0 Å². The van der Waals surface area contributed by atoms with Gasteiger partial charge < -0.3 is 15.2 Å². The summed E-state index contributed by atoms with van der Waals surface area (Å²) in [5.41, 5.74) is 9.41. The molecule has 0 saturated carbocycles. The molecule has 2 N–H and O–H groups in total. The van der Waals surface area contributed by atoms with Gasteiger partial charge in [-0.3, -0.25) is 4.68 Å².